The van der Waals surface area contributed by atoms with E-state index in [1.807, 2.05) is 13.8 Å². The lowest BCUT2D eigenvalue weighted by Crippen LogP contribution is -2.34. The highest BCUT2D eigenvalue weighted by molar-refractivity contribution is 5.75. The number of rotatable bonds is 1. The van der Waals surface area contributed by atoms with Crippen molar-refractivity contribution >= 4 is 6.03 Å². The second-order valence-electron chi connectivity index (χ2n) is 2.77. The fourth-order valence-electron chi connectivity index (χ4n) is 0.770. The zero-order chi connectivity index (χ0) is 9.14. The minimum absolute atomic E-state index is 0.0587. The van der Waals surface area contributed by atoms with E-state index in [1.54, 1.807) is 0 Å². The van der Waals surface area contributed by atoms with Crippen molar-refractivity contribution in [3.63, 3.8) is 0 Å². The molecule has 5 heteroatoms. The molecule has 1 heterocycles. The van der Waals surface area contributed by atoms with Crippen molar-refractivity contribution in [2.24, 2.45) is 0 Å². The first-order valence-corrected chi connectivity index (χ1v) is 3.68. The van der Waals surface area contributed by atoms with Crippen LogP contribution in [0.3, 0.4) is 0 Å². The highest BCUT2D eigenvalue weighted by Gasteiger charge is 2.04. The lowest BCUT2D eigenvalue weighted by Gasteiger charge is -2.07. The Kier molecular flexibility index (Phi) is 2.32. The lowest BCUT2D eigenvalue weighted by molar-refractivity contribution is 0.237. The lowest BCUT2D eigenvalue weighted by atomic mass is 10.4. The van der Waals surface area contributed by atoms with Gasteiger partial charge in [0.15, 0.2) is 0 Å². The summed E-state index contributed by atoms with van der Waals surface area (Å²) in [7, 11) is 0. The van der Waals surface area contributed by atoms with Crippen LogP contribution in [0, 0.1) is 0 Å². The first-order valence-electron chi connectivity index (χ1n) is 3.68. The third kappa shape index (κ3) is 1.98. The second-order valence-corrected chi connectivity index (χ2v) is 2.77. The van der Waals surface area contributed by atoms with Gasteiger partial charge in [-0.05, 0) is 13.8 Å². The zero-order valence-corrected chi connectivity index (χ0v) is 7.00. The van der Waals surface area contributed by atoms with Crippen LogP contribution in [0.1, 0.15) is 13.8 Å². The number of hydrogen-bond donors (Lipinski definition) is 2. The Hall–Kier alpha value is -1.52. The molecule has 0 unspecified atom stereocenters. The topological polar surface area (TPSA) is 66.9 Å². The summed E-state index contributed by atoms with van der Waals surface area (Å²) >= 11 is 0. The van der Waals surface area contributed by atoms with Gasteiger partial charge in [0.2, 0.25) is 0 Å². The average Bonchev–Trinajstić information content (AvgIpc) is 2.34. The Bertz CT molecular complexity index is 323. The van der Waals surface area contributed by atoms with Crippen LogP contribution in [0.2, 0.25) is 0 Å². The number of nitrogens with one attached hydrogen (secondary N) is 2. The standard InChI is InChI=1S/C7H11N3O2/c1-5(2)8-7(12)10-4-3-6(11)9-10/h3-5H,1-2H3,(H,8,12)(H,9,11). The van der Waals surface area contributed by atoms with Crippen LogP contribution in [0.4, 0.5) is 4.79 Å². The maximum absolute atomic E-state index is 11.2. The van der Waals surface area contributed by atoms with Crippen LogP contribution in [-0.2, 0) is 0 Å². The number of amides is 1. The quantitative estimate of drug-likeness (QED) is 0.628. The SMILES string of the molecule is CC(C)NC(=O)n1ccc(=O)[nH]1. The molecule has 0 saturated heterocycles. The van der Waals surface area contributed by atoms with Gasteiger partial charge in [-0.15, -0.1) is 0 Å². The predicted octanol–water partition coefficient (Wildman–Crippen LogP) is 0.142. The van der Waals surface area contributed by atoms with Crippen LogP contribution in [0.5, 0.6) is 0 Å². The van der Waals surface area contributed by atoms with E-state index in [1.165, 1.54) is 12.3 Å². The Morgan fingerprint density at radius 1 is 1.67 bits per heavy atom. The first kappa shape index (κ1) is 8.58. The minimum Gasteiger partial charge on any atom is -0.334 e. The van der Waals surface area contributed by atoms with Gasteiger partial charge in [-0.3, -0.25) is 9.89 Å². The van der Waals surface area contributed by atoms with E-state index in [2.05, 4.69) is 10.4 Å². The molecule has 66 valence electrons. The van der Waals surface area contributed by atoms with Gasteiger partial charge in [-0.1, -0.05) is 0 Å². The number of aromatic amines is 1. The van der Waals surface area contributed by atoms with Crippen molar-refractivity contribution in [3.05, 3.63) is 22.6 Å². The minimum atomic E-state index is -0.327. The first-order chi connectivity index (χ1) is 5.59. The summed E-state index contributed by atoms with van der Waals surface area (Å²) in [5.74, 6) is 0. The largest absolute Gasteiger partial charge is 0.340 e. The van der Waals surface area contributed by atoms with E-state index in [-0.39, 0.29) is 17.6 Å². The summed E-state index contributed by atoms with van der Waals surface area (Å²) < 4.78 is 1.11. The molecule has 1 aromatic rings. The van der Waals surface area contributed by atoms with E-state index >= 15 is 0 Å². The van der Waals surface area contributed by atoms with Crippen LogP contribution in [0.15, 0.2) is 17.1 Å². The third-order valence-electron chi connectivity index (χ3n) is 1.24. The van der Waals surface area contributed by atoms with Crippen molar-refractivity contribution in [1.82, 2.24) is 15.1 Å². The molecule has 12 heavy (non-hydrogen) atoms. The molecular formula is C7H11N3O2. The zero-order valence-electron chi connectivity index (χ0n) is 7.00. The number of carbonyl (C=O) groups is 1. The fourth-order valence-corrected chi connectivity index (χ4v) is 0.770. The molecule has 0 aromatic carbocycles. The third-order valence-corrected chi connectivity index (χ3v) is 1.24. The Balaban J connectivity index is 2.72. The maximum atomic E-state index is 11.2. The van der Waals surface area contributed by atoms with Crippen LogP contribution in [-0.4, -0.2) is 21.9 Å². The molecule has 0 aliphatic rings. The van der Waals surface area contributed by atoms with E-state index in [4.69, 9.17) is 0 Å². The van der Waals surface area contributed by atoms with Crippen LogP contribution >= 0.6 is 0 Å². The molecule has 0 radical (unpaired) electrons. The molecule has 1 rings (SSSR count). The molecule has 0 fully saturated rings. The van der Waals surface area contributed by atoms with Crippen molar-refractivity contribution < 1.29 is 4.79 Å². The molecule has 0 atom stereocenters. The average molecular weight is 169 g/mol. The van der Waals surface area contributed by atoms with Gasteiger partial charge >= 0.3 is 6.03 Å². The normalized spacial score (nSPS) is 10.2. The van der Waals surface area contributed by atoms with E-state index in [0.717, 1.165) is 4.68 Å². The molecule has 0 bridgehead atoms. The number of H-pyrrole nitrogens is 1. The summed E-state index contributed by atoms with van der Waals surface area (Å²) in [6.07, 6.45) is 1.39. The van der Waals surface area contributed by atoms with Gasteiger partial charge in [0.25, 0.3) is 5.56 Å². The second kappa shape index (κ2) is 3.25. The monoisotopic (exact) mass is 169 g/mol. The molecule has 5 nitrogen and oxygen atoms in total. The summed E-state index contributed by atoms with van der Waals surface area (Å²) in [5, 5.41) is 4.96. The van der Waals surface area contributed by atoms with Crippen molar-refractivity contribution in [3.8, 4) is 0 Å². The number of hydrogen-bond acceptors (Lipinski definition) is 2. The van der Waals surface area contributed by atoms with Gasteiger partial charge in [0, 0.05) is 18.3 Å². The van der Waals surface area contributed by atoms with Gasteiger partial charge in [0.05, 0.1) is 0 Å². The smallest absolute Gasteiger partial charge is 0.334 e. The molecule has 0 spiro atoms. The number of nitrogens with zero attached hydrogens (tertiary/aromatic N) is 1. The molecule has 0 aliphatic carbocycles. The van der Waals surface area contributed by atoms with E-state index < -0.39 is 0 Å². The highest BCUT2D eigenvalue weighted by Crippen LogP contribution is 1.82. The maximum Gasteiger partial charge on any atom is 0.340 e. The Morgan fingerprint density at radius 2 is 2.33 bits per heavy atom. The Labute approximate surface area is 69.4 Å². The summed E-state index contributed by atoms with van der Waals surface area (Å²) in [6.45, 7) is 3.69. The molecule has 2 N–H and O–H groups in total. The van der Waals surface area contributed by atoms with Gasteiger partial charge < -0.3 is 5.32 Å². The number of carbonyl (C=O) groups excluding carboxylic acids is 1. The molecule has 0 aliphatic heterocycles. The van der Waals surface area contributed by atoms with Crippen molar-refractivity contribution in [1.29, 1.82) is 0 Å². The predicted molar refractivity (Wildman–Crippen MR) is 44.1 cm³/mol. The van der Waals surface area contributed by atoms with Crippen LogP contribution in [0.25, 0.3) is 0 Å². The Morgan fingerprint density at radius 3 is 2.75 bits per heavy atom. The summed E-state index contributed by atoms with van der Waals surface area (Å²) in [5.41, 5.74) is -0.283. The van der Waals surface area contributed by atoms with Gasteiger partial charge in [-0.2, -0.15) is 0 Å². The highest BCUT2D eigenvalue weighted by atomic mass is 16.2. The molecule has 1 aromatic heterocycles. The molecule has 0 saturated carbocycles. The van der Waals surface area contributed by atoms with Crippen LogP contribution < -0.4 is 10.9 Å². The van der Waals surface area contributed by atoms with E-state index in [9.17, 15) is 9.59 Å². The van der Waals surface area contributed by atoms with Gasteiger partial charge in [0.1, 0.15) is 0 Å². The summed E-state index contributed by atoms with van der Waals surface area (Å²) in [6, 6.07) is 1.02. The van der Waals surface area contributed by atoms with Gasteiger partial charge in [-0.25, -0.2) is 9.48 Å². The number of aromatic nitrogens is 2. The molecular weight excluding hydrogens is 158 g/mol. The van der Waals surface area contributed by atoms with E-state index in [0.29, 0.717) is 0 Å². The van der Waals surface area contributed by atoms with Crippen molar-refractivity contribution in [2.45, 2.75) is 19.9 Å². The fraction of sp³-hybridized carbons (Fsp3) is 0.429. The molecule has 1 amide bonds. The summed E-state index contributed by atoms with van der Waals surface area (Å²) in [4.78, 5) is 21.8. The van der Waals surface area contributed by atoms with Crippen molar-refractivity contribution in [2.75, 3.05) is 0 Å².